The average Bonchev–Trinajstić information content (AvgIpc) is 3.47. The molecule has 3 fully saturated rings. The van der Waals surface area contributed by atoms with Crippen LogP contribution in [-0.2, 0) is 38.1 Å². The third kappa shape index (κ3) is 8.90. The van der Waals surface area contributed by atoms with E-state index in [2.05, 4.69) is 23.4 Å². The van der Waals surface area contributed by atoms with E-state index in [4.69, 9.17) is 23.7 Å². The molecule has 1 aromatic heterocycles. The highest BCUT2D eigenvalue weighted by molar-refractivity contribution is 6.00. The lowest BCUT2D eigenvalue weighted by molar-refractivity contribution is -0.296. The molecule has 11 nitrogen and oxygen atoms in total. The van der Waals surface area contributed by atoms with Gasteiger partial charge in [-0.25, -0.2) is 0 Å². The third-order valence-corrected chi connectivity index (χ3v) is 12.2. The molecule has 0 saturated carbocycles. The van der Waals surface area contributed by atoms with Gasteiger partial charge >= 0.3 is 5.97 Å². The molecule has 3 aliphatic rings. The molecule has 3 aliphatic heterocycles. The summed E-state index contributed by atoms with van der Waals surface area (Å²) in [6.45, 7) is 18.9. The predicted octanol–water partition coefficient (Wildman–Crippen LogP) is 5.54. The number of nitrogens with zero attached hydrogens (tertiary/aromatic N) is 2. The number of benzene rings is 1. The van der Waals surface area contributed by atoms with Crippen molar-refractivity contribution < 1.29 is 43.2 Å². The zero-order valence-electron chi connectivity index (χ0n) is 34.2. The molecule has 5 rings (SSSR count). The number of aliphatic hydroxyl groups excluding tert-OH is 1. The van der Waals surface area contributed by atoms with Crippen molar-refractivity contribution in [3.8, 4) is 11.8 Å². The Kier molecular flexibility index (Phi) is 13.4. The molecule has 1 aromatic carbocycles. The second-order valence-corrected chi connectivity index (χ2v) is 16.6. The number of esters is 1. The van der Waals surface area contributed by atoms with Crippen LogP contribution in [0.1, 0.15) is 80.2 Å². The van der Waals surface area contributed by atoms with Gasteiger partial charge in [0, 0.05) is 46.9 Å². The normalized spacial score (nSPS) is 37.9. The molecule has 0 radical (unpaired) electrons. The Labute approximate surface area is 326 Å². The molecular weight excluding hydrogens is 700 g/mol. The van der Waals surface area contributed by atoms with Crippen molar-refractivity contribution in [3.05, 3.63) is 54.2 Å². The summed E-state index contributed by atoms with van der Waals surface area (Å²) in [6, 6.07) is 9.44. The Bertz CT molecular complexity index is 1800. The molecular formula is C44H60N2O9. The van der Waals surface area contributed by atoms with Crippen molar-refractivity contribution in [2.24, 2.45) is 29.6 Å². The maximum absolute atomic E-state index is 14.5. The van der Waals surface area contributed by atoms with Crippen molar-refractivity contribution in [3.63, 3.8) is 0 Å². The number of cyclic esters (lactones) is 1. The summed E-state index contributed by atoms with van der Waals surface area (Å²) < 4.78 is 32.1. The first-order valence-electron chi connectivity index (χ1n) is 19.6. The summed E-state index contributed by atoms with van der Waals surface area (Å²) in [4.78, 5) is 49.3. The summed E-state index contributed by atoms with van der Waals surface area (Å²) in [5, 5.41) is 12.5. The Morgan fingerprint density at radius 1 is 1.05 bits per heavy atom. The summed E-state index contributed by atoms with van der Waals surface area (Å²) in [7, 11) is 3.77. The first kappa shape index (κ1) is 42.6. The van der Waals surface area contributed by atoms with E-state index in [-0.39, 0.29) is 37.6 Å². The first-order valence-corrected chi connectivity index (χ1v) is 19.6. The number of pyridine rings is 1. The number of hydrogen-bond donors (Lipinski definition) is 1. The smallest absolute Gasteiger partial charge is 0.316 e. The minimum Gasteiger partial charge on any atom is -0.459 e. The molecule has 4 heterocycles. The van der Waals surface area contributed by atoms with Crippen LogP contribution in [0.4, 0.5) is 0 Å². The highest BCUT2D eigenvalue weighted by Crippen LogP contribution is 2.46. The van der Waals surface area contributed by atoms with Crippen LogP contribution >= 0.6 is 0 Å². The van der Waals surface area contributed by atoms with Gasteiger partial charge in [0.1, 0.15) is 36.1 Å². The van der Waals surface area contributed by atoms with Crippen LogP contribution < -0.4 is 0 Å². The fourth-order valence-corrected chi connectivity index (χ4v) is 9.13. The largest absolute Gasteiger partial charge is 0.459 e. The standard InChI is InChI=1S/C44H60N2O9/c1-12-35-44(9)36(26(3)24-52-44)28(5)37(47)25(2)22-43(8,51-19-15-16-31-21-32-17-13-14-18-33(32)45-23-31)40(29(6)38(48)30(7)41(50)54-35)55-42-39(49)34(46(10)11)20-27(4)53-42/h13-14,17-18,21,23,25,27-30,34-36,39-40,42,49H,3,12,19-20,22,24H2,1-2,4-11H3/t25?,27-,28?,29+,30?,34+,35-,36+,39-,40-,42+,43-,44-/m1/s1. The summed E-state index contributed by atoms with van der Waals surface area (Å²) in [5.74, 6) is 1.36. The molecule has 2 aromatic rings. The zero-order chi connectivity index (χ0) is 40.4. The van der Waals surface area contributed by atoms with Crippen molar-refractivity contribution in [1.82, 2.24) is 9.88 Å². The Morgan fingerprint density at radius 3 is 2.45 bits per heavy atom. The number of ketones is 2. The lowest BCUT2D eigenvalue weighted by atomic mass is 9.69. The molecule has 55 heavy (non-hydrogen) atoms. The van der Waals surface area contributed by atoms with Gasteiger partial charge in [-0.1, -0.05) is 64.3 Å². The second kappa shape index (κ2) is 17.3. The van der Waals surface area contributed by atoms with Crippen molar-refractivity contribution in [2.75, 3.05) is 27.3 Å². The minimum atomic E-state index is -1.34. The van der Waals surface area contributed by atoms with Crippen LogP contribution in [0.15, 0.2) is 48.7 Å². The number of para-hydroxylation sites is 1. The van der Waals surface area contributed by atoms with E-state index in [0.717, 1.165) is 16.5 Å². The fourth-order valence-electron chi connectivity index (χ4n) is 9.13. The molecule has 1 N–H and O–H groups in total. The number of likely N-dealkylation sites (N-methyl/N-ethyl adjacent to an activating group) is 1. The summed E-state index contributed by atoms with van der Waals surface area (Å²) in [6.07, 6.45) is -1.46. The zero-order valence-corrected chi connectivity index (χ0v) is 34.2. The molecule has 3 unspecified atom stereocenters. The highest BCUT2D eigenvalue weighted by atomic mass is 16.7. The molecule has 13 atom stereocenters. The van der Waals surface area contributed by atoms with Gasteiger partial charge in [-0.15, -0.1) is 0 Å². The van der Waals surface area contributed by atoms with Crippen LogP contribution in [0.3, 0.4) is 0 Å². The number of aromatic nitrogens is 1. The van der Waals surface area contributed by atoms with E-state index in [1.165, 1.54) is 6.92 Å². The topological polar surface area (TPSA) is 134 Å². The summed E-state index contributed by atoms with van der Waals surface area (Å²) >= 11 is 0. The molecule has 0 bridgehead atoms. The van der Waals surface area contributed by atoms with Gasteiger partial charge in [0.2, 0.25) is 0 Å². The van der Waals surface area contributed by atoms with E-state index < -0.39 is 77.1 Å². The Hall–Kier alpha value is -3.50. The Morgan fingerprint density at radius 2 is 1.76 bits per heavy atom. The van der Waals surface area contributed by atoms with E-state index in [9.17, 15) is 19.5 Å². The lowest BCUT2D eigenvalue weighted by Crippen LogP contribution is -2.59. The fraction of sp³-hybridized carbons (Fsp3) is 0.636. The van der Waals surface area contributed by atoms with E-state index in [0.29, 0.717) is 18.4 Å². The number of aliphatic hydroxyl groups is 1. The maximum atomic E-state index is 14.5. The van der Waals surface area contributed by atoms with E-state index >= 15 is 0 Å². The number of hydrogen-bond acceptors (Lipinski definition) is 11. The molecule has 300 valence electrons. The van der Waals surface area contributed by atoms with Gasteiger partial charge in [0.15, 0.2) is 12.1 Å². The lowest BCUT2D eigenvalue weighted by Gasteiger charge is -2.47. The predicted molar refractivity (Wildman–Crippen MR) is 209 cm³/mol. The van der Waals surface area contributed by atoms with Gasteiger partial charge in [0.05, 0.1) is 29.9 Å². The van der Waals surface area contributed by atoms with E-state index in [1.807, 2.05) is 83.9 Å². The summed E-state index contributed by atoms with van der Waals surface area (Å²) in [5.41, 5.74) is -0.0564. The molecule has 11 heteroatoms. The number of ether oxygens (including phenoxy) is 5. The quantitative estimate of drug-likeness (QED) is 0.172. The maximum Gasteiger partial charge on any atom is 0.316 e. The van der Waals surface area contributed by atoms with Crippen LogP contribution in [0.2, 0.25) is 0 Å². The highest BCUT2D eigenvalue weighted by Gasteiger charge is 2.55. The SMILES string of the molecule is C=C1CO[C@]2(C)[C@@H](CC)OC(=O)C(C)C(=O)[C@H](C)[C@@H](O[C@@H]3O[C@H](C)C[C@H](N(C)C)[C@H]3O)[C@](C)(OCC#Cc3cnc4ccccc4c3)CC(C)C(=O)C(C)[C@H]12. The van der Waals surface area contributed by atoms with Gasteiger partial charge in [-0.05, 0) is 78.8 Å². The van der Waals surface area contributed by atoms with Gasteiger partial charge in [-0.3, -0.25) is 19.4 Å². The van der Waals surface area contributed by atoms with E-state index in [1.54, 1.807) is 20.0 Å². The van der Waals surface area contributed by atoms with Crippen molar-refractivity contribution in [1.29, 1.82) is 0 Å². The number of carbonyl (C=O) groups is 3. The van der Waals surface area contributed by atoms with Crippen LogP contribution in [0, 0.1) is 41.4 Å². The van der Waals surface area contributed by atoms with Gasteiger partial charge in [0.25, 0.3) is 0 Å². The molecule has 0 spiro atoms. The molecule has 3 saturated heterocycles. The number of rotatable bonds is 6. The average molecular weight is 761 g/mol. The van der Waals surface area contributed by atoms with Crippen LogP contribution in [-0.4, -0.2) is 108 Å². The second-order valence-electron chi connectivity index (χ2n) is 16.6. The monoisotopic (exact) mass is 760 g/mol. The molecule has 0 aliphatic carbocycles. The number of Topliss-reactive ketones (excluding diaryl/α,β-unsaturated/α-hetero) is 2. The Balaban J connectivity index is 1.57. The van der Waals surface area contributed by atoms with Crippen LogP contribution in [0.5, 0.6) is 0 Å². The van der Waals surface area contributed by atoms with Crippen LogP contribution in [0.25, 0.3) is 10.9 Å². The number of fused-ring (bicyclic) bond motifs is 2. The molecule has 0 amide bonds. The number of carbonyl (C=O) groups excluding carboxylic acids is 3. The van der Waals surface area contributed by atoms with Crippen molar-refractivity contribution in [2.45, 2.75) is 123 Å². The minimum absolute atomic E-state index is 0.0504. The van der Waals surface area contributed by atoms with Gasteiger partial charge in [-0.2, -0.15) is 0 Å². The third-order valence-electron chi connectivity index (χ3n) is 12.2. The van der Waals surface area contributed by atoms with Crippen molar-refractivity contribution >= 4 is 28.4 Å². The first-order chi connectivity index (χ1) is 25.9. The van der Waals surface area contributed by atoms with Gasteiger partial charge < -0.3 is 33.7 Å².